The highest BCUT2D eigenvalue weighted by Crippen LogP contribution is 2.26. The Kier molecular flexibility index (Phi) is 7.41. The van der Waals surface area contributed by atoms with E-state index >= 15 is 0 Å². The fraction of sp³-hybridized carbons (Fsp3) is 0.261. The fourth-order valence-corrected chi connectivity index (χ4v) is 4.82. The number of hydrogen-bond acceptors (Lipinski definition) is 4. The van der Waals surface area contributed by atoms with Gasteiger partial charge in [0.1, 0.15) is 12.4 Å². The Labute approximate surface area is 200 Å². The minimum Gasteiger partial charge on any atom is -0.487 e. The lowest BCUT2D eigenvalue weighted by molar-refractivity contribution is 0.0633. The second-order valence-corrected chi connectivity index (χ2v) is 9.49. The van der Waals surface area contributed by atoms with Crippen LogP contribution >= 0.6 is 46.1 Å². The zero-order chi connectivity index (χ0) is 21.8. The van der Waals surface area contributed by atoms with Crippen LogP contribution in [0.1, 0.15) is 20.8 Å². The Hall–Kier alpha value is -1.76. The summed E-state index contributed by atoms with van der Waals surface area (Å²) in [6.45, 7) is 4.21. The second kappa shape index (κ2) is 10.2. The molecule has 0 aliphatic carbocycles. The number of carbonyl (C=O) groups excluding carboxylic acids is 1. The number of thiophene rings is 1. The van der Waals surface area contributed by atoms with Crippen LogP contribution in [-0.2, 0) is 13.2 Å². The quantitative estimate of drug-likeness (QED) is 0.405. The average molecular weight is 496 g/mol. The molecule has 0 bridgehead atoms. The van der Waals surface area contributed by atoms with Crippen LogP contribution in [0.2, 0.25) is 15.1 Å². The maximum absolute atomic E-state index is 12.9. The van der Waals surface area contributed by atoms with Crippen LogP contribution in [0.5, 0.6) is 5.75 Å². The SMILES string of the molecule is O=C(c1cc(COc2ccccc2Cl)cs1)N1CCN(Cc2ccc(Cl)c(Cl)c2)CC1. The van der Waals surface area contributed by atoms with E-state index in [1.165, 1.54) is 11.3 Å². The molecule has 2 heterocycles. The van der Waals surface area contributed by atoms with Crippen molar-refractivity contribution in [2.24, 2.45) is 0 Å². The van der Waals surface area contributed by atoms with E-state index in [1.54, 1.807) is 6.07 Å². The average Bonchev–Trinajstić information content (AvgIpc) is 3.25. The first-order valence-corrected chi connectivity index (χ1v) is 11.9. The number of rotatable bonds is 6. The highest BCUT2D eigenvalue weighted by molar-refractivity contribution is 7.12. The number of ether oxygens (including phenoxy) is 1. The number of piperazine rings is 1. The van der Waals surface area contributed by atoms with Gasteiger partial charge in [0.2, 0.25) is 0 Å². The van der Waals surface area contributed by atoms with Gasteiger partial charge in [-0.3, -0.25) is 9.69 Å². The summed E-state index contributed by atoms with van der Waals surface area (Å²) >= 11 is 19.7. The van der Waals surface area contributed by atoms with Crippen LogP contribution in [0.3, 0.4) is 0 Å². The molecule has 1 aliphatic heterocycles. The molecule has 0 N–H and O–H groups in total. The Morgan fingerprint density at radius 2 is 1.68 bits per heavy atom. The van der Waals surface area contributed by atoms with Gasteiger partial charge in [-0.15, -0.1) is 11.3 Å². The van der Waals surface area contributed by atoms with E-state index in [-0.39, 0.29) is 5.91 Å². The largest absolute Gasteiger partial charge is 0.487 e. The fourth-order valence-electron chi connectivity index (χ4n) is 3.45. The molecule has 4 rings (SSSR count). The molecule has 162 valence electrons. The van der Waals surface area contributed by atoms with Crippen LogP contribution in [0, 0.1) is 0 Å². The van der Waals surface area contributed by atoms with Gasteiger partial charge in [-0.05, 0) is 41.3 Å². The lowest BCUT2D eigenvalue weighted by Gasteiger charge is -2.34. The molecule has 0 spiro atoms. The topological polar surface area (TPSA) is 32.8 Å². The minimum absolute atomic E-state index is 0.0724. The first kappa shape index (κ1) is 22.4. The first-order chi connectivity index (χ1) is 15.0. The number of amides is 1. The molecular weight excluding hydrogens is 475 g/mol. The van der Waals surface area contributed by atoms with Gasteiger partial charge in [0.05, 0.1) is 19.9 Å². The van der Waals surface area contributed by atoms with Crippen molar-refractivity contribution >= 4 is 52.0 Å². The Bertz CT molecular complexity index is 1060. The summed E-state index contributed by atoms with van der Waals surface area (Å²) < 4.78 is 5.77. The lowest BCUT2D eigenvalue weighted by Crippen LogP contribution is -2.48. The standard InChI is InChI=1S/C23H21Cl3N2O2S/c24-18-6-5-16(11-20(18)26)13-27-7-9-28(10-8-27)23(29)22-12-17(15-31-22)14-30-21-4-2-1-3-19(21)25/h1-6,11-12,15H,7-10,13-14H2. The van der Waals surface area contributed by atoms with E-state index in [2.05, 4.69) is 4.90 Å². The summed E-state index contributed by atoms with van der Waals surface area (Å²) in [5.41, 5.74) is 2.09. The van der Waals surface area contributed by atoms with E-state index in [4.69, 9.17) is 39.5 Å². The normalized spacial score (nSPS) is 14.6. The highest BCUT2D eigenvalue weighted by atomic mass is 35.5. The van der Waals surface area contributed by atoms with E-state index in [0.29, 0.717) is 40.5 Å². The lowest BCUT2D eigenvalue weighted by atomic mass is 10.2. The van der Waals surface area contributed by atoms with Crippen molar-refractivity contribution in [2.45, 2.75) is 13.2 Å². The molecule has 0 unspecified atom stereocenters. The second-order valence-electron chi connectivity index (χ2n) is 7.36. The number of halogens is 3. The van der Waals surface area contributed by atoms with Gasteiger partial charge in [0.15, 0.2) is 0 Å². The van der Waals surface area contributed by atoms with Crippen molar-refractivity contribution in [3.63, 3.8) is 0 Å². The van der Waals surface area contributed by atoms with E-state index in [0.717, 1.165) is 35.6 Å². The summed E-state index contributed by atoms with van der Waals surface area (Å²) in [6, 6.07) is 15.0. The highest BCUT2D eigenvalue weighted by Gasteiger charge is 2.23. The Morgan fingerprint density at radius 1 is 0.903 bits per heavy atom. The molecule has 0 radical (unpaired) electrons. The summed E-state index contributed by atoms with van der Waals surface area (Å²) in [5.74, 6) is 0.713. The number of hydrogen-bond donors (Lipinski definition) is 0. The van der Waals surface area contributed by atoms with Gasteiger partial charge < -0.3 is 9.64 Å². The molecule has 8 heteroatoms. The molecule has 1 amide bonds. The van der Waals surface area contributed by atoms with Crippen LogP contribution in [0.4, 0.5) is 0 Å². The van der Waals surface area contributed by atoms with E-state index in [9.17, 15) is 4.79 Å². The van der Waals surface area contributed by atoms with Gasteiger partial charge >= 0.3 is 0 Å². The van der Waals surface area contributed by atoms with E-state index < -0.39 is 0 Å². The number of carbonyl (C=O) groups is 1. The van der Waals surface area contributed by atoms with Gasteiger partial charge in [0.25, 0.3) is 5.91 Å². The van der Waals surface area contributed by atoms with Gasteiger partial charge in [0, 0.05) is 38.3 Å². The first-order valence-electron chi connectivity index (χ1n) is 9.90. The molecule has 3 aromatic rings. The predicted octanol–water partition coefficient (Wildman–Crippen LogP) is 6.25. The van der Waals surface area contributed by atoms with Crippen molar-refractivity contribution < 1.29 is 9.53 Å². The van der Waals surface area contributed by atoms with Crippen molar-refractivity contribution in [2.75, 3.05) is 26.2 Å². The Morgan fingerprint density at radius 3 is 2.42 bits per heavy atom. The third-order valence-electron chi connectivity index (χ3n) is 5.15. The zero-order valence-electron chi connectivity index (χ0n) is 16.7. The van der Waals surface area contributed by atoms with Gasteiger partial charge in [-0.1, -0.05) is 53.0 Å². The van der Waals surface area contributed by atoms with Crippen molar-refractivity contribution in [3.8, 4) is 5.75 Å². The summed E-state index contributed by atoms with van der Waals surface area (Å²) in [5, 5.41) is 3.67. The van der Waals surface area contributed by atoms with Crippen LogP contribution in [-0.4, -0.2) is 41.9 Å². The van der Waals surface area contributed by atoms with E-state index in [1.807, 2.05) is 52.7 Å². The summed E-state index contributed by atoms with van der Waals surface area (Å²) in [7, 11) is 0. The van der Waals surface area contributed by atoms with Crippen LogP contribution in [0.25, 0.3) is 0 Å². The zero-order valence-corrected chi connectivity index (χ0v) is 19.8. The maximum Gasteiger partial charge on any atom is 0.264 e. The Balaban J connectivity index is 1.28. The van der Waals surface area contributed by atoms with Crippen molar-refractivity contribution in [3.05, 3.63) is 85.0 Å². The maximum atomic E-state index is 12.9. The van der Waals surface area contributed by atoms with Gasteiger partial charge in [-0.25, -0.2) is 0 Å². The molecule has 31 heavy (non-hydrogen) atoms. The molecule has 2 aromatic carbocycles. The molecule has 4 nitrogen and oxygen atoms in total. The van der Waals surface area contributed by atoms with Crippen molar-refractivity contribution in [1.29, 1.82) is 0 Å². The molecule has 1 aliphatic rings. The smallest absolute Gasteiger partial charge is 0.264 e. The number of nitrogens with zero attached hydrogens (tertiary/aromatic N) is 2. The molecule has 1 fully saturated rings. The molecule has 0 saturated carbocycles. The van der Waals surface area contributed by atoms with Crippen LogP contribution < -0.4 is 4.74 Å². The van der Waals surface area contributed by atoms with Crippen LogP contribution in [0.15, 0.2) is 53.9 Å². The number of para-hydroxylation sites is 1. The minimum atomic E-state index is 0.0724. The number of benzene rings is 2. The third kappa shape index (κ3) is 5.73. The third-order valence-corrected chi connectivity index (χ3v) is 7.16. The monoisotopic (exact) mass is 494 g/mol. The molecule has 1 aromatic heterocycles. The molecule has 0 atom stereocenters. The predicted molar refractivity (Wildman–Crippen MR) is 128 cm³/mol. The van der Waals surface area contributed by atoms with Gasteiger partial charge in [-0.2, -0.15) is 0 Å². The molecular formula is C23H21Cl3N2O2S. The summed E-state index contributed by atoms with van der Waals surface area (Å²) in [4.78, 5) is 17.9. The summed E-state index contributed by atoms with van der Waals surface area (Å²) in [6.07, 6.45) is 0. The van der Waals surface area contributed by atoms with Crippen molar-refractivity contribution in [1.82, 2.24) is 9.80 Å². The molecule has 1 saturated heterocycles.